The molecule has 0 fully saturated rings. The zero-order chi connectivity index (χ0) is 20.6. The maximum absolute atomic E-state index is 12.3. The molecular weight excluding hydrogens is 366 g/mol. The summed E-state index contributed by atoms with van der Waals surface area (Å²) in [5, 5.41) is 6.07. The summed E-state index contributed by atoms with van der Waals surface area (Å²) in [6.07, 6.45) is 1.60. The molecule has 148 valence electrons. The minimum Gasteiger partial charge on any atom is -0.462 e. The van der Waals surface area contributed by atoms with Crippen LogP contribution in [0.25, 0.3) is 0 Å². The van der Waals surface area contributed by atoms with Gasteiger partial charge in [0.1, 0.15) is 5.69 Å². The van der Waals surface area contributed by atoms with Crippen molar-refractivity contribution in [2.24, 2.45) is 0 Å². The van der Waals surface area contributed by atoms with Crippen molar-refractivity contribution in [3.8, 4) is 0 Å². The van der Waals surface area contributed by atoms with Gasteiger partial charge < -0.3 is 15.4 Å². The van der Waals surface area contributed by atoms with Gasteiger partial charge in [-0.2, -0.15) is 0 Å². The molecule has 1 aromatic heterocycles. The van der Waals surface area contributed by atoms with Crippen LogP contribution in [0.4, 0.5) is 11.4 Å². The molecule has 2 aromatic carbocycles. The molecule has 0 saturated carbocycles. The predicted octanol–water partition coefficient (Wildman–Crippen LogP) is 4.24. The zero-order valence-electron chi connectivity index (χ0n) is 16.4. The van der Waals surface area contributed by atoms with Gasteiger partial charge in [0.15, 0.2) is 0 Å². The summed E-state index contributed by atoms with van der Waals surface area (Å²) < 4.78 is 4.97. The lowest BCUT2D eigenvalue weighted by atomic mass is 10.1. The van der Waals surface area contributed by atoms with Crippen LogP contribution in [0.5, 0.6) is 0 Å². The molecule has 0 radical (unpaired) electrons. The van der Waals surface area contributed by atoms with E-state index in [-0.39, 0.29) is 11.9 Å². The van der Waals surface area contributed by atoms with E-state index in [0.29, 0.717) is 24.4 Å². The second-order valence-corrected chi connectivity index (χ2v) is 6.46. The number of hydrogen-bond acceptors (Lipinski definition) is 5. The normalized spacial score (nSPS) is 10.3. The van der Waals surface area contributed by atoms with Crippen molar-refractivity contribution in [2.75, 3.05) is 11.9 Å². The number of ether oxygens (including phenoxy) is 1. The Labute approximate surface area is 169 Å². The van der Waals surface area contributed by atoms with Gasteiger partial charge >= 0.3 is 5.97 Å². The molecule has 3 rings (SSSR count). The number of anilines is 2. The number of aromatic nitrogens is 1. The average molecular weight is 389 g/mol. The van der Waals surface area contributed by atoms with E-state index < -0.39 is 0 Å². The Balaban J connectivity index is 1.57. The lowest BCUT2D eigenvalue weighted by Crippen LogP contribution is -2.24. The number of carbonyl (C=O) groups excluding carboxylic acids is 2. The fraction of sp³-hybridized carbons (Fsp3) is 0.174. The number of esters is 1. The quantitative estimate of drug-likeness (QED) is 0.591. The van der Waals surface area contributed by atoms with Gasteiger partial charge in [0.2, 0.25) is 0 Å². The molecule has 6 nitrogen and oxygen atoms in total. The highest BCUT2D eigenvalue weighted by molar-refractivity contribution is 5.92. The first-order valence-electron chi connectivity index (χ1n) is 9.40. The number of aryl methyl sites for hydroxylation is 1. The number of hydrogen-bond donors (Lipinski definition) is 2. The first-order valence-corrected chi connectivity index (χ1v) is 9.40. The molecule has 0 aliphatic rings. The molecule has 0 aliphatic heterocycles. The molecule has 2 N–H and O–H groups in total. The van der Waals surface area contributed by atoms with E-state index in [4.69, 9.17) is 4.74 Å². The SMILES string of the molecule is CCOC(=O)c1ccc(Nc2ccc(C(=O)NCc3ccccc3C)nc2)cc1. The van der Waals surface area contributed by atoms with Crippen molar-refractivity contribution in [3.63, 3.8) is 0 Å². The van der Waals surface area contributed by atoms with Crippen LogP contribution in [0, 0.1) is 6.92 Å². The molecule has 0 spiro atoms. The number of rotatable bonds is 7. The van der Waals surface area contributed by atoms with Crippen LogP contribution in [0.3, 0.4) is 0 Å². The molecule has 1 amide bonds. The second kappa shape index (κ2) is 9.50. The fourth-order valence-electron chi connectivity index (χ4n) is 2.75. The maximum Gasteiger partial charge on any atom is 0.338 e. The minimum atomic E-state index is -0.346. The van der Waals surface area contributed by atoms with Crippen molar-refractivity contribution >= 4 is 23.3 Å². The van der Waals surface area contributed by atoms with Crippen LogP contribution in [0.1, 0.15) is 38.9 Å². The first-order chi connectivity index (χ1) is 14.1. The highest BCUT2D eigenvalue weighted by atomic mass is 16.5. The molecule has 3 aromatic rings. The van der Waals surface area contributed by atoms with Crippen molar-refractivity contribution < 1.29 is 14.3 Å². The molecule has 0 unspecified atom stereocenters. The predicted molar refractivity (Wildman–Crippen MR) is 112 cm³/mol. The smallest absolute Gasteiger partial charge is 0.338 e. The van der Waals surface area contributed by atoms with Gasteiger partial charge in [0.05, 0.1) is 24.1 Å². The van der Waals surface area contributed by atoms with E-state index in [1.165, 1.54) is 0 Å². The van der Waals surface area contributed by atoms with Gasteiger partial charge in [-0.15, -0.1) is 0 Å². The molecule has 0 saturated heterocycles. The Morgan fingerprint density at radius 2 is 1.69 bits per heavy atom. The van der Waals surface area contributed by atoms with Crippen LogP contribution < -0.4 is 10.6 Å². The number of pyridine rings is 1. The summed E-state index contributed by atoms with van der Waals surface area (Å²) in [4.78, 5) is 28.2. The largest absolute Gasteiger partial charge is 0.462 e. The summed E-state index contributed by atoms with van der Waals surface area (Å²) in [5.74, 6) is -0.569. The average Bonchev–Trinajstić information content (AvgIpc) is 2.74. The van der Waals surface area contributed by atoms with E-state index in [2.05, 4.69) is 15.6 Å². The number of amides is 1. The fourth-order valence-corrected chi connectivity index (χ4v) is 2.75. The van der Waals surface area contributed by atoms with Gasteiger partial charge in [0, 0.05) is 12.2 Å². The van der Waals surface area contributed by atoms with E-state index in [1.807, 2.05) is 31.2 Å². The summed E-state index contributed by atoms with van der Waals surface area (Å²) in [6.45, 7) is 4.59. The van der Waals surface area contributed by atoms with Crippen LogP contribution in [-0.4, -0.2) is 23.5 Å². The van der Waals surface area contributed by atoms with Gasteiger partial charge in [-0.05, 0) is 61.4 Å². The van der Waals surface area contributed by atoms with Gasteiger partial charge in [-0.1, -0.05) is 24.3 Å². The Morgan fingerprint density at radius 3 is 2.34 bits per heavy atom. The molecule has 1 heterocycles. The van der Waals surface area contributed by atoms with Crippen LogP contribution >= 0.6 is 0 Å². The monoisotopic (exact) mass is 389 g/mol. The minimum absolute atomic E-state index is 0.224. The zero-order valence-corrected chi connectivity index (χ0v) is 16.4. The van der Waals surface area contributed by atoms with E-state index in [1.54, 1.807) is 49.5 Å². The van der Waals surface area contributed by atoms with Crippen LogP contribution in [-0.2, 0) is 11.3 Å². The third kappa shape index (κ3) is 5.42. The topological polar surface area (TPSA) is 80.3 Å². The molecule has 0 atom stereocenters. The maximum atomic E-state index is 12.3. The van der Waals surface area contributed by atoms with E-state index >= 15 is 0 Å². The van der Waals surface area contributed by atoms with Gasteiger partial charge in [-0.3, -0.25) is 4.79 Å². The molecule has 0 bridgehead atoms. The third-order valence-electron chi connectivity index (χ3n) is 4.38. The number of carbonyl (C=O) groups is 2. The summed E-state index contributed by atoms with van der Waals surface area (Å²) in [5.41, 5.74) is 4.60. The standard InChI is InChI=1S/C23H23N3O3/c1-3-29-23(28)17-8-10-19(11-9-17)26-20-12-13-21(24-15-20)22(27)25-14-18-7-5-4-6-16(18)2/h4-13,15,26H,3,14H2,1-2H3,(H,25,27). The lowest BCUT2D eigenvalue weighted by molar-refractivity contribution is 0.0526. The summed E-state index contributed by atoms with van der Waals surface area (Å²) >= 11 is 0. The van der Waals surface area contributed by atoms with Gasteiger partial charge in [-0.25, -0.2) is 9.78 Å². The Kier molecular flexibility index (Phi) is 6.58. The van der Waals surface area contributed by atoms with Crippen molar-refractivity contribution in [1.29, 1.82) is 0 Å². The Bertz CT molecular complexity index is 983. The highest BCUT2D eigenvalue weighted by Gasteiger charge is 2.09. The van der Waals surface area contributed by atoms with Gasteiger partial charge in [0.25, 0.3) is 5.91 Å². The lowest BCUT2D eigenvalue weighted by Gasteiger charge is -2.09. The summed E-state index contributed by atoms with van der Waals surface area (Å²) in [6, 6.07) is 18.3. The van der Waals surface area contributed by atoms with Crippen molar-refractivity contribution in [3.05, 3.63) is 89.2 Å². The molecule has 6 heteroatoms. The molecule has 29 heavy (non-hydrogen) atoms. The second-order valence-electron chi connectivity index (χ2n) is 6.46. The molecular formula is C23H23N3O3. The number of nitrogens with zero attached hydrogens (tertiary/aromatic N) is 1. The Hall–Kier alpha value is -3.67. The van der Waals surface area contributed by atoms with Crippen LogP contribution in [0.15, 0.2) is 66.9 Å². The number of benzene rings is 2. The van der Waals surface area contributed by atoms with E-state index in [0.717, 1.165) is 22.5 Å². The Morgan fingerprint density at radius 1 is 0.966 bits per heavy atom. The van der Waals surface area contributed by atoms with Crippen molar-refractivity contribution in [1.82, 2.24) is 10.3 Å². The van der Waals surface area contributed by atoms with Crippen LogP contribution in [0.2, 0.25) is 0 Å². The number of nitrogens with one attached hydrogen (secondary N) is 2. The van der Waals surface area contributed by atoms with Crippen molar-refractivity contribution in [2.45, 2.75) is 20.4 Å². The highest BCUT2D eigenvalue weighted by Crippen LogP contribution is 2.17. The van der Waals surface area contributed by atoms with E-state index in [9.17, 15) is 9.59 Å². The third-order valence-corrected chi connectivity index (χ3v) is 4.38. The molecule has 0 aliphatic carbocycles. The summed E-state index contributed by atoms with van der Waals surface area (Å²) in [7, 11) is 0. The first kappa shape index (κ1) is 20.1.